The first-order chi connectivity index (χ1) is 13.4. The highest BCUT2D eigenvalue weighted by molar-refractivity contribution is 7.90. The van der Waals surface area contributed by atoms with Crippen LogP contribution in [-0.4, -0.2) is 14.6 Å². The highest BCUT2D eigenvalue weighted by Gasteiger charge is 2.17. The van der Waals surface area contributed by atoms with Crippen LogP contribution in [0.1, 0.15) is 11.1 Å². The molecule has 0 radical (unpaired) electrons. The van der Waals surface area contributed by atoms with Gasteiger partial charge in [0.1, 0.15) is 17.2 Å². The Morgan fingerprint density at radius 3 is 2.39 bits per heavy atom. The molecule has 4 aromatic rings. The smallest absolute Gasteiger partial charge is 0.282 e. The number of furan rings is 1. The third kappa shape index (κ3) is 3.46. The summed E-state index contributed by atoms with van der Waals surface area (Å²) in [4.78, 5) is 0.0922. The van der Waals surface area contributed by atoms with Gasteiger partial charge in [0.2, 0.25) is 0 Å². The molecule has 3 aromatic carbocycles. The van der Waals surface area contributed by atoms with E-state index < -0.39 is 15.8 Å². The average molecular weight is 393 g/mol. The summed E-state index contributed by atoms with van der Waals surface area (Å²) in [5.41, 5.74) is 2.56. The van der Waals surface area contributed by atoms with E-state index in [0.717, 1.165) is 11.1 Å². The molecule has 0 fully saturated rings. The van der Waals surface area contributed by atoms with Crippen molar-refractivity contribution in [1.29, 1.82) is 0 Å². The number of hydrogen-bond acceptors (Lipinski definition) is 3. The number of hydrogen-bond donors (Lipinski definition) is 0. The van der Waals surface area contributed by atoms with Gasteiger partial charge in [0.25, 0.3) is 10.0 Å². The summed E-state index contributed by atoms with van der Waals surface area (Å²) >= 11 is 0. The number of rotatable bonds is 4. The van der Waals surface area contributed by atoms with E-state index in [9.17, 15) is 12.8 Å². The normalized spacial score (nSPS) is 12.1. The number of aryl methyl sites for hydroxylation is 1. The van der Waals surface area contributed by atoms with Gasteiger partial charge >= 0.3 is 0 Å². The first kappa shape index (κ1) is 18.1. The molecule has 0 aliphatic heterocycles. The van der Waals surface area contributed by atoms with Crippen molar-refractivity contribution in [1.82, 2.24) is 0 Å². The molecular weight excluding hydrogens is 377 g/mol. The van der Waals surface area contributed by atoms with E-state index in [1.54, 1.807) is 12.1 Å². The number of halogens is 1. The van der Waals surface area contributed by atoms with Gasteiger partial charge in [-0.25, -0.2) is 4.39 Å². The zero-order chi connectivity index (χ0) is 19.7. The number of sulfonamides is 1. The second-order valence-electron chi connectivity index (χ2n) is 6.37. The lowest BCUT2D eigenvalue weighted by Gasteiger charge is -2.01. The Labute approximate surface area is 162 Å². The summed E-state index contributed by atoms with van der Waals surface area (Å²) in [5, 5.41) is 0.460. The van der Waals surface area contributed by atoms with Crippen molar-refractivity contribution in [3.8, 4) is 11.3 Å². The SMILES string of the molecule is Cc1ccc(S(=O)(=O)/N=C/c2c(-c3ccccc3)oc3ccc(F)cc23)cc1. The van der Waals surface area contributed by atoms with Gasteiger partial charge in [0.15, 0.2) is 0 Å². The van der Waals surface area contributed by atoms with E-state index in [1.807, 2.05) is 37.3 Å². The van der Waals surface area contributed by atoms with Gasteiger partial charge in [0.05, 0.1) is 11.1 Å². The molecule has 0 aliphatic rings. The largest absolute Gasteiger partial charge is 0.455 e. The van der Waals surface area contributed by atoms with E-state index >= 15 is 0 Å². The molecule has 28 heavy (non-hydrogen) atoms. The summed E-state index contributed by atoms with van der Waals surface area (Å²) in [5.74, 6) is -0.00647. The molecule has 0 saturated heterocycles. The molecule has 0 unspecified atom stereocenters. The molecule has 1 aromatic heterocycles. The van der Waals surface area contributed by atoms with Gasteiger partial charge < -0.3 is 4.42 Å². The van der Waals surface area contributed by atoms with Crippen LogP contribution in [0.25, 0.3) is 22.3 Å². The number of nitrogens with zero attached hydrogens (tertiary/aromatic N) is 1. The second kappa shape index (κ2) is 7.05. The molecule has 0 atom stereocenters. The molecule has 0 spiro atoms. The Bertz CT molecular complexity index is 1270. The van der Waals surface area contributed by atoms with Crippen molar-refractivity contribution in [3.05, 3.63) is 89.7 Å². The number of benzene rings is 3. The first-order valence-corrected chi connectivity index (χ1v) is 10.0. The maximum Gasteiger partial charge on any atom is 0.282 e. The minimum atomic E-state index is -3.90. The van der Waals surface area contributed by atoms with Gasteiger partial charge in [-0.15, -0.1) is 0 Å². The van der Waals surface area contributed by atoms with Gasteiger partial charge in [-0.3, -0.25) is 0 Å². The Morgan fingerprint density at radius 2 is 1.68 bits per heavy atom. The monoisotopic (exact) mass is 393 g/mol. The Hall–Kier alpha value is -3.25. The predicted molar refractivity (Wildman–Crippen MR) is 108 cm³/mol. The summed E-state index contributed by atoms with van der Waals surface area (Å²) in [6.45, 7) is 1.87. The summed E-state index contributed by atoms with van der Waals surface area (Å²) < 4.78 is 48.7. The molecule has 4 rings (SSSR count). The molecule has 0 amide bonds. The Balaban J connectivity index is 1.86. The quantitative estimate of drug-likeness (QED) is 0.439. The van der Waals surface area contributed by atoms with Gasteiger partial charge in [-0.2, -0.15) is 12.8 Å². The summed E-state index contributed by atoms with van der Waals surface area (Å²) in [6, 6.07) is 19.8. The van der Waals surface area contributed by atoms with Crippen molar-refractivity contribution >= 4 is 27.2 Å². The topological polar surface area (TPSA) is 59.6 Å². The lowest BCUT2D eigenvalue weighted by Crippen LogP contribution is -1.98. The van der Waals surface area contributed by atoms with Crippen LogP contribution in [0.15, 0.2) is 86.5 Å². The fraction of sp³-hybridized carbons (Fsp3) is 0.0455. The van der Waals surface area contributed by atoms with E-state index in [4.69, 9.17) is 4.42 Å². The predicted octanol–water partition coefficient (Wildman–Crippen LogP) is 5.36. The van der Waals surface area contributed by atoms with E-state index in [-0.39, 0.29) is 4.90 Å². The van der Waals surface area contributed by atoms with Gasteiger partial charge in [-0.1, -0.05) is 48.0 Å². The molecule has 140 valence electrons. The average Bonchev–Trinajstić information content (AvgIpc) is 3.05. The number of fused-ring (bicyclic) bond motifs is 1. The van der Waals surface area contributed by atoms with Crippen LogP contribution in [0.4, 0.5) is 4.39 Å². The molecule has 6 heteroatoms. The molecule has 4 nitrogen and oxygen atoms in total. The minimum Gasteiger partial charge on any atom is -0.455 e. The van der Waals surface area contributed by atoms with Crippen LogP contribution in [0, 0.1) is 12.7 Å². The van der Waals surface area contributed by atoms with Crippen molar-refractivity contribution in [2.24, 2.45) is 4.40 Å². The lowest BCUT2D eigenvalue weighted by molar-refractivity contribution is 0.598. The standard InChI is InChI=1S/C22H16FNO3S/c1-15-7-10-18(11-8-15)28(25,26)24-14-20-19-13-17(23)9-12-21(19)27-22(20)16-5-3-2-4-6-16/h2-14H,1H3/b24-14+. The van der Waals surface area contributed by atoms with Crippen molar-refractivity contribution in [2.45, 2.75) is 11.8 Å². The molecule has 0 aliphatic carbocycles. The van der Waals surface area contributed by atoms with E-state index in [1.165, 1.54) is 36.5 Å². The van der Waals surface area contributed by atoms with Gasteiger partial charge in [0, 0.05) is 16.5 Å². The van der Waals surface area contributed by atoms with Crippen LogP contribution in [-0.2, 0) is 10.0 Å². The van der Waals surface area contributed by atoms with Crippen molar-refractivity contribution in [2.75, 3.05) is 0 Å². The Kier molecular flexibility index (Phi) is 4.57. The zero-order valence-electron chi connectivity index (χ0n) is 15.0. The third-order valence-electron chi connectivity index (χ3n) is 4.36. The first-order valence-electron chi connectivity index (χ1n) is 8.58. The molecule has 0 N–H and O–H groups in total. The molecular formula is C22H16FNO3S. The van der Waals surface area contributed by atoms with Crippen LogP contribution in [0.5, 0.6) is 0 Å². The van der Waals surface area contributed by atoms with Crippen LogP contribution in [0.2, 0.25) is 0 Å². The second-order valence-corrected chi connectivity index (χ2v) is 8.01. The summed E-state index contributed by atoms with van der Waals surface area (Å²) in [7, 11) is -3.90. The van der Waals surface area contributed by atoms with E-state index in [0.29, 0.717) is 22.3 Å². The highest BCUT2D eigenvalue weighted by Crippen LogP contribution is 2.33. The molecule has 0 saturated carbocycles. The van der Waals surface area contributed by atoms with Crippen LogP contribution in [0.3, 0.4) is 0 Å². The maximum atomic E-state index is 13.8. The fourth-order valence-electron chi connectivity index (χ4n) is 2.91. The van der Waals surface area contributed by atoms with Gasteiger partial charge in [-0.05, 0) is 37.3 Å². The van der Waals surface area contributed by atoms with Crippen molar-refractivity contribution in [3.63, 3.8) is 0 Å². The Morgan fingerprint density at radius 1 is 0.964 bits per heavy atom. The van der Waals surface area contributed by atoms with Crippen LogP contribution < -0.4 is 0 Å². The third-order valence-corrected chi connectivity index (χ3v) is 5.61. The van der Waals surface area contributed by atoms with Crippen LogP contribution >= 0.6 is 0 Å². The fourth-order valence-corrected chi connectivity index (χ4v) is 3.76. The highest BCUT2D eigenvalue weighted by atomic mass is 32.2. The minimum absolute atomic E-state index is 0.0922. The van der Waals surface area contributed by atoms with E-state index in [2.05, 4.69) is 4.40 Å². The van der Waals surface area contributed by atoms with Crippen molar-refractivity contribution < 1.29 is 17.2 Å². The molecule has 1 heterocycles. The lowest BCUT2D eigenvalue weighted by atomic mass is 10.1. The zero-order valence-corrected chi connectivity index (χ0v) is 15.8. The summed E-state index contributed by atoms with van der Waals surface area (Å²) in [6.07, 6.45) is 1.22. The molecule has 0 bridgehead atoms. The maximum absolute atomic E-state index is 13.8.